The number of nitrogens with two attached hydrogens (primary N) is 1. The Kier molecular flexibility index (Phi) is 3.52. The van der Waals surface area contributed by atoms with Crippen LogP contribution in [0.5, 0.6) is 0 Å². The summed E-state index contributed by atoms with van der Waals surface area (Å²) in [6.45, 7) is 0. The lowest BCUT2D eigenvalue weighted by molar-refractivity contribution is -0.116. The minimum atomic E-state index is -0.0987. The van der Waals surface area contributed by atoms with Crippen LogP contribution in [0.3, 0.4) is 0 Å². The number of amides is 1. The monoisotopic (exact) mass is 270 g/mol. The molecule has 5 nitrogen and oxygen atoms in total. The third-order valence-corrected chi connectivity index (χ3v) is 3.61. The van der Waals surface area contributed by atoms with Crippen molar-refractivity contribution in [1.29, 1.82) is 0 Å². The fraction of sp³-hybridized carbons (Fsp3) is 0.333. The Morgan fingerprint density at radius 1 is 1.25 bits per heavy atom. The van der Waals surface area contributed by atoms with E-state index in [1.807, 2.05) is 24.3 Å². The van der Waals surface area contributed by atoms with Gasteiger partial charge < -0.3 is 16.0 Å². The Hall–Kier alpha value is -2.14. The molecule has 20 heavy (non-hydrogen) atoms. The first kappa shape index (κ1) is 12.9. The SMILES string of the molecule is NC1CCCCC(=O)Nc2ccccc2-c2cnc1[nH]2. The number of fused-ring (bicyclic) bond motifs is 4. The molecule has 2 heterocycles. The van der Waals surface area contributed by atoms with Gasteiger partial charge in [0, 0.05) is 12.0 Å². The number of nitrogens with zero attached hydrogens (tertiary/aromatic N) is 1. The second-order valence-corrected chi connectivity index (χ2v) is 5.13. The lowest BCUT2D eigenvalue weighted by Gasteiger charge is -2.12. The molecule has 1 aromatic carbocycles. The molecule has 0 saturated heterocycles. The summed E-state index contributed by atoms with van der Waals surface area (Å²) in [7, 11) is 0. The van der Waals surface area contributed by atoms with Crippen LogP contribution in [0.2, 0.25) is 0 Å². The Balaban J connectivity index is 2.04. The number of imidazole rings is 1. The normalized spacial score (nSPS) is 19.4. The van der Waals surface area contributed by atoms with Crippen molar-refractivity contribution in [3.63, 3.8) is 0 Å². The largest absolute Gasteiger partial charge is 0.341 e. The molecule has 1 atom stereocenters. The number of carbonyl (C=O) groups is 1. The van der Waals surface area contributed by atoms with E-state index >= 15 is 0 Å². The molecule has 0 radical (unpaired) electrons. The molecule has 2 aromatic rings. The predicted molar refractivity (Wildman–Crippen MR) is 78.0 cm³/mol. The lowest BCUT2D eigenvalue weighted by Crippen LogP contribution is -2.15. The van der Waals surface area contributed by atoms with Gasteiger partial charge in [-0.1, -0.05) is 24.6 Å². The highest BCUT2D eigenvalue weighted by Crippen LogP contribution is 2.28. The van der Waals surface area contributed by atoms with Crippen molar-refractivity contribution in [3.8, 4) is 11.3 Å². The minimum absolute atomic E-state index is 0.0475. The van der Waals surface area contributed by atoms with Crippen LogP contribution in [0.4, 0.5) is 5.69 Å². The maximum atomic E-state index is 11.9. The van der Waals surface area contributed by atoms with E-state index in [4.69, 9.17) is 5.73 Å². The van der Waals surface area contributed by atoms with Crippen molar-refractivity contribution in [2.75, 3.05) is 5.32 Å². The molecule has 0 fully saturated rings. The van der Waals surface area contributed by atoms with Crippen LogP contribution in [0.1, 0.15) is 37.5 Å². The first-order chi connectivity index (χ1) is 9.74. The van der Waals surface area contributed by atoms with Gasteiger partial charge >= 0.3 is 0 Å². The zero-order valence-electron chi connectivity index (χ0n) is 11.2. The minimum Gasteiger partial charge on any atom is -0.341 e. The quantitative estimate of drug-likeness (QED) is 0.688. The smallest absolute Gasteiger partial charge is 0.224 e. The average molecular weight is 270 g/mol. The van der Waals surface area contributed by atoms with E-state index in [2.05, 4.69) is 15.3 Å². The number of nitrogens with one attached hydrogen (secondary N) is 2. The Bertz CT molecular complexity index is 620. The van der Waals surface area contributed by atoms with Crippen LogP contribution in [0.25, 0.3) is 11.3 Å². The first-order valence-electron chi connectivity index (χ1n) is 6.94. The number of hydrogen-bond acceptors (Lipinski definition) is 3. The highest BCUT2D eigenvalue weighted by atomic mass is 16.1. The van der Waals surface area contributed by atoms with Crippen LogP contribution in [0.15, 0.2) is 30.5 Å². The van der Waals surface area contributed by atoms with E-state index in [1.165, 1.54) is 0 Å². The Morgan fingerprint density at radius 3 is 3.00 bits per heavy atom. The number of hydrogen-bond donors (Lipinski definition) is 3. The lowest BCUT2D eigenvalue weighted by atomic mass is 10.1. The summed E-state index contributed by atoms with van der Waals surface area (Å²) in [6.07, 6.45) is 4.90. The molecular weight excluding hydrogens is 252 g/mol. The van der Waals surface area contributed by atoms with E-state index in [0.29, 0.717) is 6.42 Å². The summed E-state index contributed by atoms with van der Waals surface area (Å²) in [5, 5.41) is 2.97. The van der Waals surface area contributed by atoms with Gasteiger partial charge in [-0.15, -0.1) is 0 Å². The summed E-state index contributed by atoms with van der Waals surface area (Å²) >= 11 is 0. The first-order valence-corrected chi connectivity index (χ1v) is 6.94. The molecule has 0 spiro atoms. The van der Waals surface area contributed by atoms with Gasteiger partial charge in [-0.05, 0) is 18.9 Å². The summed E-state index contributed by atoms with van der Waals surface area (Å²) in [5.74, 6) is 0.855. The summed E-state index contributed by atoms with van der Waals surface area (Å²) in [4.78, 5) is 19.6. The van der Waals surface area contributed by atoms with Crippen LogP contribution in [-0.4, -0.2) is 15.9 Å². The van der Waals surface area contributed by atoms with Crippen molar-refractivity contribution in [2.45, 2.75) is 31.7 Å². The summed E-state index contributed by atoms with van der Waals surface area (Å²) in [5.41, 5.74) is 8.75. The van der Waals surface area contributed by atoms with Crippen molar-refractivity contribution in [2.24, 2.45) is 5.73 Å². The van der Waals surface area contributed by atoms with Gasteiger partial charge in [0.05, 0.1) is 23.6 Å². The predicted octanol–water partition coefficient (Wildman–Crippen LogP) is 2.59. The van der Waals surface area contributed by atoms with E-state index in [1.54, 1.807) is 6.20 Å². The van der Waals surface area contributed by atoms with Gasteiger partial charge in [0.1, 0.15) is 5.82 Å². The van der Waals surface area contributed by atoms with Gasteiger partial charge in [0.2, 0.25) is 5.91 Å². The van der Waals surface area contributed by atoms with Gasteiger partial charge in [0.15, 0.2) is 0 Å². The third-order valence-electron chi connectivity index (χ3n) is 3.61. The Morgan fingerprint density at radius 2 is 2.10 bits per heavy atom. The molecule has 5 heteroatoms. The molecule has 4 N–H and O–H groups in total. The van der Waals surface area contributed by atoms with Crippen molar-refractivity contribution < 1.29 is 4.79 Å². The fourth-order valence-corrected chi connectivity index (χ4v) is 2.49. The molecule has 1 aliphatic heterocycles. The van der Waals surface area contributed by atoms with E-state index in [-0.39, 0.29) is 11.9 Å². The van der Waals surface area contributed by atoms with E-state index in [9.17, 15) is 4.79 Å². The molecule has 3 rings (SSSR count). The number of aromatic amines is 1. The average Bonchev–Trinajstić information content (AvgIpc) is 2.93. The Labute approximate surface area is 117 Å². The molecule has 0 aliphatic carbocycles. The maximum absolute atomic E-state index is 11.9. The van der Waals surface area contributed by atoms with Crippen LogP contribution < -0.4 is 11.1 Å². The molecule has 0 saturated carbocycles. The van der Waals surface area contributed by atoms with Gasteiger partial charge in [-0.3, -0.25) is 4.79 Å². The summed E-state index contributed by atoms with van der Waals surface area (Å²) < 4.78 is 0. The van der Waals surface area contributed by atoms with E-state index in [0.717, 1.165) is 42.0 Å². The number of H-pyrrole nitrogens is 1. The van der Waals surface area contributed by atoms with Crippen LogP contribution in [-0.2, 0) is 4.79 Å². The van der Waals surface area contributed by atoms with Gasteiger partial charge in [-0.2, -0.15) is 0 Å². The standard InChI is InChI=1S/C15H18N4O/c16-11-6-2-4-8-14(20)18-12-7-3-1-5-10(12)13-9-17-15(11)19-13/h1,3,5,7,9,11H,2,4,6,8,16H2,(H,17,19)(H,18,20). The number of benzene rings is 1. The van der Waals surface area contributed by atoms with Crippen molar-refractivity contribution in [1.82, 2.24) is 9.97 Å². The van der Waals surface area contributed by atoms with Crippen molar-refractivity contribution >= 4 is 11.6 Å². The maximum Gasteiger partial charge on any atom is 0.224 e. The van der Waals surface area contributed by atoms with Crippen molar-refractivity contribution in [3.05, 3.63) is 36.3 Å². The molecule has 1 amide bonds. The second-order valence-electron chi connectivity index (χ2n) is 5.13. The zero-order valence-corrected chi connectivity index (χ0v) is 11.2. The molecule has 1 aromatic heterocycles. The van der Waals surface area contributed by atoms with Gasteiger partial charge in [-0.25, -0.2) is 4.98 Å². The van der Waals surface area contributed by atoms with Crippen LogP contribution in [0, 0.1) is 0 Å². The fourth-order valence-electron chi connectivity index (χ4n) is 2.49. The topological polar surface area (TPSA) is 83.8 Å². The summed E-state index contributed by atoms with van der Waals surface area (Å²) in [6, 6.07) is 7.62. The molecule has 104 valence electrons. The molecule has 2 bridgehead atoms. The highest BCUT2D eigenvalue weighted by Gasteiger charge is 2.15. The van der Waals surface area contributed by atoms with Gasteiger partial charge in [0.25, 0.3) is 0 Å². The molecular formula is C15H18N4O. The second kappa shape index (κ2) is 5.46. The number of carbonyl (C=O) groups excluding carboxylic acids is 1. The zero-order chi connectivity index (χ0) is 13.9. The van der Waals surface area contributed by atoms with E-state index < -0.39 is 0 Å². The molecule has 1 unspecified atom stereocenters. The third kappa shape index (κ3) is 2.58. The molecule has 1 aliphatic rings. The number of aromatic nitrogens is 2. The number of anilines is 1. The number of rotatable bonds is 0. The number of para-hydroxylation sites is 1. The van der Waals surface area contributed by atoms with Crippen LogP contribution >= 0.6 is 0 Å². The highest BCUT2D eigenvalue weighted by molar-refractivity contribution is 5.95.